The number of fused-ring (bicyclic) bond motifs is 1. The van der Waals surface area contributed by atoms with Crippen LogP contribution in [-0.4, -0.2) is 78.4 Å². The van der Waals surface area contributed by atoms with Crippen LogP contribution in [-0.2, 0) is 26.5 Å². The van der Waals surface area contributed by atoms with E-state index in [0.717, 1.165) is 6.26 Å². The predicted molar refractivity (Wildman–Crippen MR) is 185 cm³/mol. The van der Waals surface area contributed by atoms with Crippen LogP contribution in [0.3, 0.4) is 0 Å². The van der Waals surface area contributed by atoms with E-state index in [2.05, 4.69) is 28.7 Å². The summed E-state index contributed by atoms with van der Waals surface area (Å²) < 4.78 is 76.5. The average molecular weight is 745 g/mol. The Labute approximate surface area is 294 Å². The van der Waals surface area contributed by atoms with Gasteiger partial charge >= 0.3 is 6.18 Å². The second-order valence-corrected chi connectivity index (χ2v) is 14.5. The lowest BCUT2D eigenvalue weighted by Crippen LogP contribution is -2.51. The Morgan fingerprint density at radius 3 is 2.35 bits per heavy atom. The van der Waals surface area contributed by atoms with E-state index < -0.39 is 46.1 Å². The zero-order chi connectivity index (χ0) is 37.4. The summed E-state index contributed by atoms with van der Waals surface area (Å²) in [6.07, 6.45) is -2.12. The third-order valence-corrected chi connectivity index (χ3v) is 9.33. The van der Waals surface area contributed by atoms with E-state index in [1.165, 1.54) is 41.4 Å². The Bertz CT molecular complexity index is 2270. The van der Waals surface area contributed by atoms with Crippen molar-refractivity contribution in [2.45, 2.75) is 6.18 Å². The largest absolute Gasteiger partial charge is 0.405 e. The Balaban J connectivity index is 1.61. The van der Waals surface area contributed by atoms with Crippen molar-refractivity contribution in [2.75, 3.05) is 42.7 Å². The van der Waals surface area contributed by atoms with Crippen LogP contribution >= 0.6 is 11.6 Å². The molecule has 5 rings (SSSR count). The molecule has 0 saturated carbocycles. The summed E-state index contributed by atoms with van der Waals surface area (Å²) in [6, 6.07) is 10.4. The van der Waals surface area contributed by atoms with Gasteiger partial charge in [-0.15, -0.1) is 0 Å². The topological polar surface area (TPSA) is 156 Å². The molecule has 0 radical (unpaired) electrons. The molecule has 51 heavy (non-hydrogen) atoms. The number of rotatable bonds is 8. The molecule has 2 aromatic carbocycles. The summed E-state index contributed by atoms with van der Waals surface area (Å²) in [5, 5.41) is 4.38. The van der Waals surface area contributed by atoms with Crippen molar-refractivity contribution in [1.29, 1.82) is 0 Å². The minimum absolute atomic E-state index is 0.0384. The Kier molecular flexibility index (Phi) is 10.2. The van der Waals surface area contributed by atoms with E-state index >= 15 is 0 Å². The van der Waals surface area contributed by atoms with Gasteiger partial charge in [0.15, 0.2) is 5.83 Å². The van der Waals surface area contributed by atoms with Crippen molar-refractivity contribution in [3.8, 4) is 34.2 Å². The number of sulfone groups is 1. The van der Waals surface area contributed by atoms with Gasteiger partial charge in [-0.05, 0) is 35.4 Å². The monoisotopic (exact) mass is 744 g/mol. The highest BCUT2D eigenvalue weighted by atomic mass is 35.5. The van der Waals surface area contributed by atoms with Gasteiger partial charge in [0.2, 0.25) is 0 Å². The van der Waals surface area contributed by atoms with Gasteiger partial charge in [-0.3, -0.25) is 14.4 Å². The van der Waals surface area contributed by atoms with E-state index in [0.29, 0.717) is 38.9 Å². The van der Waals surface area contributed by atoms with Crippen LogP contribution in [0.2, 0.25) is 5.02 Å². The summed E-state index contributed by atoms with van der Waals surface area (Å²) in [6.45, 7) is 1.91. The van der Waals surface area contributed by atoms with Gasteiger partial charge in [-0.1, -0.05) is 42.3 Å². The lowest BCUT2D eigenvalue weighted by atomic mass is 9.96. The van der Waals surface area contributed by atoms with E-state index in [9.17, 15) is 40.4 Å². The van der Waals surface area contributed by atoms with Crippen molar-refractivity contribution in [2.24, 2.45) is 13.0 Å². The number of nitrogens with zero attached hydrogens (tertiary/aromatic N) is 3. The zero-order valence-corrected chi connectivity index (χ0v) is 28.6. The number of alkyl halides is 3. The van der Waals surface area contributed by atoms with Crippen LogP contribution < -0.4 is 16.4 Å². The van der Waals surface area contributed by atoms with Crippen molar-refractivity contribution >= 4 is 61.6 Å². The summed E-state index contributed by atoms with van der Waals surface area (Å²) >= 11 is 6.45. The van der Waals surface area contributed by atoms with E-state index in [1.807, 2.05) is 0 Å². The molecule has 2 aromatic heterocycles. The highest BCUT2D eigenvalue weighted by Gasteiger charge is 2.32. The summed E-state index contributed by atoms with van der Waals surface area (Å²) in [5.41, 5.74) is 9.13. The fourth-order valence-electron chi connectivity index (χ4n) is 5.73. The number of hydrogen-bond acceptors (Lipinski definition) is 7. The maximum Gasteiger partial charge on any atom is 0.405 e. The number of nitrogen functional groups attached to an aromatic ring is 1. The SMILES string of the molecule is C=C(F)C(=O)Nc1ccc(-c2c(-c3ccc(C(=O)NCC(F)(F)F)c(Cl)c3)c3c(N)ncc(C#CC(=O)N4CC(CS(C)(=O)=O)C4)c3n2C)cc1. The Morgan fingerprint density at radius 1 is 1.12 bits per heavy atom. The van der Waals surface area contributed by atoms with Crippen LogP contribution in [0.25, 0.3) is 33.3 Å². The van der Waals surface area contributed by atoms with Crippen molar-refractivity contribution in [3.63, 3.8) is 0 Å². The lowest BCUT2D eigenvalue weighted by Gasteiger charge is -2.37. The molecule has 0 aliphatic carbocycles. The van der Waals surface area contributed by atoms with E-state index in [-0.39, 0.29) is 46.9 Å². The standard InChI is InChI=1S/C34H29ClF4N6O5S/c1-18(36)32(47)43-23-8-4-20(5-9-23)29-27(21-6-10-24(25(35)12-21)33(48)42-17-34(37,38)39)28-30(44(29)2)22(13-41-31(28)40)7-11-26(46)45-14-19(15-45)16-51(3,49)50/h4-6,8-10,12-13,19H,1,14-17H2,2-3H3,(H2,40,41)(H,42,48)(H,43,47). The van der Waals surface area contributed by atoms with Gasteiger partial charge in [0.1, 0.15) is 22.2 Å². The molecule has 0 unspecified atom stereocenters. The Morgan fingerprint density at radius 2 is 1.76 bits per heavy atom. The highest BCUT2D eigenvalue weighted by Crippen LogP contribution is 2.44. The summed E-state index contributed by atoms with van der Waals surface area (Å²) in [4.78, 5) is 43.0. The number of carbonyl (C=O) groups excluding carboxylic acids is 3. The first-order valence-corrected chi connectivity index (χ1v) is 17.4. The second-order valence-electron chi connectivity index (χ2n) is 11.9. The number of carbonyl (C=O) groups is 3. The molecule has 11 nitrogen and oxygen atoms in total. The van der Waals surface area contributed by atoms with Gasteiger partial charge in [0, 0.05) is 55.7 Å². The fourth-order valence-corrected chi connectivity index (χ4v) is 7.06. The minimum Gasteiger partial charge on any atom is -0.383 e. The molecule has 0 spiro atoms. The number of anilines is 2. The molecule has 1 aliphatic rings. The molecular formula is C34H29ClF4N6O5S. The van der Waals surface area contributed by atoms with Gasteiger partial charge in [0.05, 0.1) is 38.5 Å². The number of nitrogens with two attached hydrogens (primary N) is 1. The molecule has 1 saturated heterocycles. The van der Waals surface area contributed by atoms with Crippen LogP contribution in [0.15, 0.2) is 61.1 Å². The fraction of sp³-hybridized carbons (Fsp3) is 0.235. The van der Waals surface area contributed by atoms with Gasteiger partial charge in [0.25, 0.3) is 17.7 Å². The number of aryl methyl sites for hydroxylation is 1. The second kappa shape index (κ2) is 14.1. The number of benzene rings is 2. The van der Waals surface area contributed by atoms with Crippen molar-refractivity contribution in [3.05, 3.63) is 77.2 Å². The molecule has 4 N–H and O–H groups in total. The van der Waals surface area contributed by atoms with Gasteiger partial charge < -0.3 is 25.8 Å². The van der Waals surface area contributed by atoms with E-state index in [4.69, 9.17) is 17.3 Å². The number of nitrogens with one attached hydrogen (secondary N) is 2. The third kappa shape index (κ3) is 8.33. The van der Waals surface area contributed by atoms with Crippen LogP contribution in [0, 0.1) is 17.8 Å². The molecule has 1 fully saturated rings. The maximum absolute atomic E-state index is 13.3. The maximum atomic E-state index is 13.3. The first-order valence-electron chi connectivity index (χ1n) is 15.0. The molecule has 0 bridgehead atoms. The average Bonchev–Trinajstić information content (AvgIpc) is 3.34. The smallest absolute Gasteiger partial charge is 0.383 e. The predicted octanol–water partition coefficient (Wildman–Crippen LogP) is 4.71. The number of amides is 3. The Hall–Kier alpha value is -5.40. The van der Waals surface area contributed by atoms with Crippen molar-refractivity contribution in [1.82, 2.24) is 19.8 Å². The molecule has 4 aromatic rings. The zero-order valence-electron chi connectivity index (χ0n) is 27.0. The number of pyridine rings is 1. The number of hydrogen-bond donors (Lipinski definition) is 3. The summed E-state index contributed by atoms with van der Waals surface area (Å²) in [7, 11) is -1.50. The molecule has 1 aliphatic heterocycles. The van der Waals surface area contributed by atoms with Crippen LogP contribution in [0.4, 0.5) is 29.1 Å². The normalized spacial score (nSPS) is 13.3. The first-order chi connectivity index (χ1) is 23.8. The molecule has 0 atom stereocenters. The van der Waals surface area contributed by atoms with Crippen LogP contribution in [0.1, 0.15) is 15.9 Å². The highest BCUT2D eigenvalue weighted by molar-refractivity contribution is 7.90. The molecule has 3 heterocycles. The van der Waals surface area contributed by atoms with Gasteiger partial charge in [-0.25, -0.2) is 17.8 Å². The number of likely N-dealkylation sites (tertiary alicyclic amines) is 1. The first kappa shape index (κ1) is 36.9. The van der Waals surface area contributed by atoms with E-state index in [1.54, 1.807) is 29.1 Å². The third-order valence-electron chi connectivity index (χ3n) is 7.94. The molecule has 266 valence electrons. The number of halogens is 5. The van der Waals surface area contributed by atoms with Crippen LogP contribution in [0.5, 0.6) is 0 Å². The molecular weight excluding hydrogens is 716 g/mol. The number of aromatic nitrogens is 2. The van der Waals surface area contributed by atoms with Gasteiger partial charge in [-0.2, -0.15) is 13.2 Å². The molecule has 3 amide bonds. The lowest BCUT2D eigenvalue weighted by molar-refractivity contribution is -0.130. The quantitative estimate of drug-likeness (QED) is 0.134. The minimum atomic E-state index is -4.64. The summed E-state index contributed by atoms with van der Waals surface area (Å²) in [5.74, 6) is 1.52. The molecule has 17 heteroatoms. The van der Waals surface area contributed by atoms with Crippen molar-refractivity contribution < 1.29 is 40.4 Å².